The molecule has 106 valence electrons. The quantitative estimate of drug-likeness (QED) is 0.514. The van der Waals surface area contributed by atoms with Crippen molar-refractivity contribution in [3.63, 3.8) is 0 Å². The lowest BCUT2D eigenvalue weighted by Gasteiger charge is -2.33. The Hall–Kier alpha value is 0. The molecular formula is C18H34. The third-order valence-electron chi connectivity index (χ3n) is 6.82. The predicted octanol–water partition coefficient (Wildman–Crippen LogP) is 5.91. The number of fused-ring (bicyclic) bond motifs is 1. The van der Waals surface area contributed by atoms with Crippen molar-refractivity contribution in [2.75, 3.05) is 0 Å². The van der Waals surface area contributed by atoms with Gasteiger partial charge in [-0.05, 0) is 41.4 Å². The van der Waals surface area contributed by atoms with Gasteiger partial charge in [0.1, 0.15) is 0 Å². The molecule has 2 saturated carbocycles. The van der Waals surface area contributed by atoms with Crippen LogP contribution in [0.3, 0.4) is 0 Å². The average molecular weight is 250 g/mol. The minimum Gasteiger partial charge on any atom is -0.0654 e. The summed E-state index contributed by atoms with van der Waals surface area (Å²) >= 11 is 0. The van der Waals surface area contributed by atoms with E-state index < -0.39 is 0 Å². The molecule has 18 heavy (non-hydrogen) atoms. The lowest BCUT2D eigenvalue weighted by molar-refractivity contribution is 0.157. The van der Waals surface area contributed by atoms with E-state index in [0.717, 1.165) is 29.6 Å². The summed E-state index contributed by atoms with van der Waals surface area (Å²) in [6, 6.07) is 0. The Morgan fingerprint density at radius 1 is 1.00 bits per heavy atom. The van der Waals surface area contributed by atoms with E-state index in [1.165, 1.54) is 38.5 Å². The van der Waals surface area contributed by atoms with Crippen molar-refractivity contribution in [1.82, 2.24) is 0 Å². The maximum Gasteiger partial charge on any atom is -0.0263 e. The van der Waals surface area contributed by atoms with Gasteiger partial charge >= 0.3 is 0 Å². The molecule has 0 radical (unpaired) electrons. The fourth-order valence-electron chi connectivity index (χ4n) is 5.09. The molecule has 0 saturated heterocycles. The maximum atomic E-state index is 2.56. The van der Waals surface area contributed by atoms with E-state index in [1.54, 1.807) is 6.42 Å². The summed E-state index contributed by atoms with van der Waals surface area (Å²) in [5.74, 6) is 5.12. The van der Waals surface area contributed by atoms with Crippen molar-refractivity contribution in [2.45, 2.75) is 79.6 Å². The summed E-state index contributed by atoms with van der Waals surface area (Å²) in [6.45, 7) is 12.4. The highest BCUT2D eigenvalue weighted by molar-refractivity contribution is 5.12. The molecule has 0 nitrogen and oxygen atoms in total. The standard InChI is InChI=1S/C18H34/c1-6-8-9-10-11-15-12-16-17(14(4)13(15)3)18(16,5)7-2/h13-17H,6-12H2,1-5H3. The molecule has 0 aliphatic heterocycles. The first-order chi connectivity index (χ1) is 8.56. The Morgan fingerprint density at radius 2 is 1.72 bits per heavy atom. The zero-order valence-corrected chi connectivity index (χ0v) is 13.3. The first-order valence-corrected chi connectivity index (χ1v) is 8.56. The van der Waals surface area contributed by atoms with Crippen LogP contribution < -0.4 is 0 Å². The molecule has 2 fully saturated rings. The van der Waals surface area contributed by atoms with Crippen molar-refractivity contribution in [3.05, 3.63) is 0 Å². The molecule has 6 atom stereocenters. The summed E-state index contributed by atoms with van der Waals surface area (Å²) in [6.07, 6.45) is 10.2. The molecule has 0 heterocycles. The fourth-order valence-corrected chi connectivity index (χ4v) is 5.09. The number of hydrogen-bond donors (Lipinski definition) is 0. The molecule has 0 aromatic carbocycles. The highest BCUT2D eigenvalue weighted by Crippen LogP contribution is 2.71. The largest absolute Gasteiger partial charge is 0.0654 e. The zero-order chi connectivity index (χ0) is 13.3. The first kappa shape index (κ1) is 14.4. The fraction of sp³-hybridized carbons (Fsp3) is 1.00. The smallest absolute Gasteiger partial charge is 0.0263 e. The van der Waals surface area contributed by atoms with Crippen LogP contribution in [0.1, 0.15) is 79.6 Å². The third-order valence-corrected chi connectivity index (χ3v) is 6.82. The van der Waals surface area contributed by atoms with Gasteiger partial charge < -0.3 is 0 Å². The minimum atomic E-state index is 0.714. The minimum absolute atomic E-state index is 0.714. The van der Waals surface area contributed by atoms with Crippen LogP contribution in [0.4, 0.5) is 0 Å². The van der Waals surface area contributed by atoms with E-state index in [1.807, 2.05) is 0 Å². The van der Waals surface area contributed by atoms with Crippen molar-refractivity contribution < 1.29 is 0 Å². The molecule has 0 spiro atoms. The Labute approximate surface area is 115 Å². The monoisotopic (exact) mass is 250 g/mol. The summed E-state index contributed by atoms with van der Waals surface area (Å²) in [5, 5.41) is 0. The molecule has 2 aliphatic rings. The summed E-state index contributed by atoms with van der Waals surface area (Å²) in [4.78, 5) is 0. The second-order valence-electron chi connectivity index (χ2n) is 7.55. The molecular weight excluding hydrogens is 216 g/mol. The number of hydrogen-bond acceptors (Lipinski definition) is 0. The van der Waals surface area contributed by atoms with Crippen LogP contribution in [0.5, 0.6) is 0 Å². The molecule has 0 aromatic rings. The van der Waals surface area contributed by atoms with E-state index in [9.17, 15) is 0 Å². The van der Waals surface area contributed by atoms with E-state index in [2.05, 4.69) is 34.6 Å². The van der Waals surface area contributed by atoms with Gasteiger partial charge in [0.05, 0.1) is 0 Å². The lowest BCUT2D eigenvalue weighted by Crippen LogP contribution is -2.26. The second-order valence-corrected chi connectivity index (χ2v) is 7.55. The second kappa shape index (κ2) is 5.55. The van der Waals surface area contributed by atoms with E-state index >= 15 is 0 Å². The Bertz CT molecular complexity index is 267. The summed E-state index contributed by atoms with van der Waals surface area (Å²) in [5.41, 5.74) is 0.714. The zero-order valence-electron chi connectivity index (χ0n) is 13.3. The summed E-state index contributed by atoms with van der Waals surface area (Å²) in [7, 11) is 0. The van der Waals surface area contributed by atoms with Crippen LogP contribution in [-0.2, 0) is 0 Å². The Balaban J connectivity index is 1.86. The van der Waals surface area contributed by atoms with Crippen molar-refractivity contribution >= 4 is 0 Å². The lowest BCUT2D eigenvalue weighted by atomic mass is 9.72. The van der Waals surface area contributed by atoms with Gasteiger partial charge in [-0.25, -0.2) is 0 Å². The molecule has 0 N–H and O–H groups in total. The third kappa shape index (κ3) is 2.37. The van der Waals surface area contributed by atoms with Gasteiger partial charge in [0.25, 0.3) is 0 Å². The molecule has 2 aliphatic carbocycles. The average Bonchev–Trinajstić information content (AvgIpc) is 2.97. The van der Waals surface area contributed by atoms with Gasteiger partial charge in [-0.1, -0.05) is 73.1 Å². The predicted molar refractivity (Wildman–Crippen MR) is 80.6 cm³/mol. The van der Waals surface area contributed by atoms with Gasteiger partial charge in [-0.2, -0.15) is 0 Å². The van der Waals surface area contributed by atoms with Crippen molar-refractivity contribution in [2.24, 2.45) is 35.0 Å². The molecule has 0 bridgehead atoms. The SMILES string of the molecule is CCCCCCC1CC2C(C(C)C1C)C2(C)CC. The van der Waals surface area contributed by atoms with Crippen LogP contribution in [0.2, 0.25) is 0 Å². The normalized spacial score (nSPS) is 46.8. The molecule has 2 rings (SSSR count). The highest BCUT2D eigenvalue weighted by atomic mass is 14.7. The van der Waals surface area contributed by atoms with E-state index in [-0.39, 0.29) is 0 Å². The Kier molecular flexibility index (Phi) is 4.44. The van der Waals surface area contributed by atoms with Crippen LogP contribution in [0.15, 0.2) is 0 Å². The van der Waals surface area contributed by atoms with Gasteiger partial charge in [-0.3, -0.25) is 0 Å². The van der Waals surface area contributed by atoms with Crippen molar-refractivity contribution in [3.8, 4) is 0 Å². The van der Waals surface area contributed by atoms with Crippen LogP contribution >= 0.6 is 0 Å². The number of rotatable bonds is 6. The van der Waals surface area contributed by atoms with Crippen LogP contribution in [0.25, 0.3) is 0 Å². The highest BCUT2D eigenvalue weighted by Gasteiger charge is 2.64. The molecule has 6 unspecified atom stereocenters. The van der Waals surface area contributed by atoms with Crippen LogP contribution in [0, 0.1) is 35.0 Å². The first-order valence-electron chi connectivity index (χ1n) is 8.56. The molecule has 0 heteroatoms. The van der Waals surface area contributed by atoms with Gasteiger partial charge in [0, 0.05) is 0 Å². The van der Waals surface area contributed by atoms with Crippen molar-refractivity contribution in [1.29, 1.82) is 0 Å². The molecule has 0 amide bonds. The van der Waals surface area contributed by atoms with Gasteiger partial charge in [0.15, 0.2) is 0 Å². The Morgan fingerprint density at radius 3 is 2.33 bits per heavy atom. The van der Waals surface area contributed by atoms with E-state index in [4.69, 9.17) is 0 Å². The molecule has 0 aromatic heterocycles. The van der Waals surface area contributed by atoms with E-state index in [0.29, 0.717) is 5.41 Å². The number of unbranched alkanes of at least 4 members (excludes halogenated alkanes) is 3. The summed E-state index contributed by atoms with van der Waals surface area (Å²) < 4.78 is 0. The van der Waals surface area contributed by atoms with Gasteiger partial charge in [0.2, 0.25) is 0 Å². The topological polar surface area (TPSA) is 0 Å². The van der Waals surface area contributed by atoms with Crippen LogP contribution in [-0.4, -0.2) is 0 Å². The maximum absolute atomic E-state index is 2.56. The van der Waals surface area contributed by atoms with Gasteiger partial charge in [-0.15, -0.1) is 0 Å².